The van der Waals surface area contributed by atoms with Gasteiger partial charge in [-0.05, 0) is 39.0 Å². The Labute approximate surface area is 138 Å². The van der Waals surface area contributed by atoms with Crippen molar-refractivity contribution in [2.75, 3.05) is 6.61 Å². The third-order valence-corrected chi connectivity index (χ3v) is 4.54. The number of hydrogen-bond acceptors (Lipinski definition) is 4. The van der Waals surface area contributed by atoms with Gasteiger partial charge in [0.2, 0.25) is 5.91 Å². The molecule has 3 unspecified atom stereocenters. The molecule has 1 heterocycles. The molecule has 0 fully saturated rings. The van der Waals surface area contributed by atoms with Gasteiger partial charge in [-0.2, -0.15) is 13.2 Å². The molecule has 0 saturated heterocycles. The molecule has 0 aromatic carbocycles. The van der Waals surface area contributed by atoms with Gasteiger partial charge in [0.15, 0.2) is 5.69 Å². The van der Waals surface area contributed by atoms with Crippen LogP contribution >= 0.6 is 0 Å². The summed E-state index contributed by atoms with van der Waals surface area (Å²) in [6, 6.07) is -0.250. The lowest BCUT2D eigenvalue weighted by Gasteiger charge is -2.28. The minimum atomic E-state index is -4.56. The number of aromatic nitrogens is 2. The van der Waals surface area contributed by atoms with Crippen molar-refractivity contribution in [1.82, 2.24) is 15.3 Å². The maximum absolute atomic E-state index is 13.2. The van der Waals surface area contributed by atoms with Crippen molar-refractivity contribution >= 4 is 5.91 Å². The van der Waals surface area contributed by atoms with Crippen LogP contribution in [0.1, 0.15) is 43.0 Å². The van der Waals surface area contributed by atoms with Crippen LogP contribution in [-0.4, -0.2) is 33.6 Å². The summed E-state index contributed by atoms with van der Waals surface area (Å²) in [6.45, 7) is 4.93. The number of nitrogens with zero attached hydrogens (tertiary/aromatic N) is 2. The van der Waals surface area contributed by atoms with E-state index in [0.29, 0.717) is 18.5 Å². The van der Waals surface area contributed by atoms with Crippen LogP contribution in [0.2, 0.25) is 0 Å². The molecule has 1 aromatic rings. The van der Waals surface area contributed by atoms with E-state index in [0.717, 1.165) is 0 Å². The number of aliphatic hydroxyl groups is 1. The Bertz CT molecular complexity index is 619. The van der Waals surface area contributed by atoms with E-state index < -0.39 is 17.8 Å². The van der Waals surface area contributed by atoms with E-state index >= 15 is 0 Å². The number of aliphatic hydroxyl groups excluding tert-OH is 1. The summed E-state index contributed by atoms with van der Waals surface area (Å²) in [5, 5.41) is 11.9. The Kier molecular flexibility index (Phi) is 5.47. The van der Waals surface area contributed by atoms with Gasteiger partial charge in [0.1, 0.15) is 5.82 Å². The van der Waals surface area contributed by atoms with E-state index in [4.69, 9.17) is 5.11 Å². The van der Waals surface area contributed by atoms with Crippen molar-refractivity contribution in [2.24, 2.45) is 11.8 Å². The molecule has 0 radical (unpaired) electrons. The molecule has 1 aromatic heterocycles. The third kappa shape index (κ3) is 4.03. The van der Waals surface area contributed by atoms with Crippen LogP contribution in [0.25, 0.3) is 0 Å². The lowest BCUT2D eigenvalue weighted by molar-refractivity contribution is -0.142. The fraction of sp³-hybridized carbons (Fsp3) is 0.688. The molecule has 24 heavy (non-hydrogen) atoms. The quantitative estimate of drug-likeness (QED) is 0.876. The molecule has 0 saturated carbocycles. The molecule has 2 rings (SSSR count). The van der Waals surface area contributed by atoms with Gasteiger partial charge in [0.25, 0.3) is 0 Å². The average Bonchev–Trinajstić information content (AvgIpc) is 2.51. The van der Waals surface area contributed by atoms with E-state index in [2.05, 4.69) is 15.3 Å². The number of hydrogen-bond donors (Lipinski definition) is 2. The molecule has 134 valence electrons. The van der Waals surface area contributed by atoms with E-state index in [-0.39, 0.29) is 42.3 Å². The monoisotopic (exact) mass is 345 g/mol. The Morgan fingerprint density at radius 2 is 2.04 bits per heavy atom. The minimum Gasteiger partial charge on any atom is -0.396 e. The Balaban J connectivity index is 2.21. The van der Waals surface area contributed by atoms with Crippen LogP contribution in [-0.2, 0) is 23.8 Å². The number of aryl methyl sites for hydroxylation is 2. The first-order chi connectivity index (χ1) is 11.1. The maximum Gasteiger partial charge on any atom is 0.433 e. The number of fused-ring (bicyclic) bond motifs is 1. The van der Waals surface area contributed by atoms with Crippen LogP contribution in [0.15, 0.2) is 0 Å². The highest BCUT2D eigenvalue weighted by molar-refractivity contribution is 5.79. The zero-order valence-corrected chi connectivity index (χ0v) is 13.9. The van der Waals surface area contributed by atoms with E-state index in [1.54, 1.807) is 13.8 Å². The fourth-order valence-electron chi connectivity index (χ4n) is 2.84. The second-order valence-electron chi connectivity index (χ2n) is 6.44. The van der Waals surface area contributed by atoms with Crippen molar-refractivity contribution < 1.29 is 23.1 Å². The Hall–Kier alpha value is -1.70. The minimum absolute atomic E-state index is 0.0173. The molecule has 2 N–H and O–H groups in total. The summed E-state index contributed by atoms with van der Waals surface area (Å²) < 4.78 is 39.7. The number of carbonyl (C=O) groups is 1. The lowest BCUT2D eigenvalue weighted by Crippen LogP contribution is -2.43. The number of carbonyl (C=O) groups excluding carboxylic acids is 1. The predicted molar refractivity (Wildman–Crippen MR) is 81.1 cm³/mol. The highest BCUT2D eigenvalue weighted by Gasteiger charge is 2.40. The second kappa shape index (κ2) is 7.04. The molecule has 1 aliphatic carbocycles. The van der Waals surface area contributed by atoms with Gasteiger partial charge in [-0.1, -0.05) is 6.92 Å². The van der Waals surface area contributed by atoms with E-state index in [9.17, 15) is 18.0 Å². The molecule has 3 atom stereocenters. The molecule has 5 nitrogen and oxygen atoms in total. The largest absolute Gasteiger partial charge is 0.433 e. The van der Waals surface area contributed by atoms with Crippen molar-refractivity contribution in [2.45, 2.75) is 52.3 Å². The van der Waals surface area contributed by atoms with E-state index in [1.807, 2.05) is 0 Å². The summed E-state index contributed by atoms with van der Waals surface area (Å²) in [5.74, 6) is -0.865. The van der Waals surface area contributed by atoms with Crippen LogP contribution in [0.4, 0.5) is 13.2 Å². The number of alkyl halides is 3. The lowest BCUT2D eigenvalue weighted by atomic mass is 9.84. The average molecular weight is 345 g/mol. The summed E-state index contributed by atoms with van der Waals surface area (Å²) in [4.78, 5) is 20.0. The number of nitrogens with one attached hydrogen (secondary N) is 1. The van der Waals surface area contributed by atoms with Crippen LogP contribution in [0.5, 0.6) is 0 Å². The summed E-state index contributed by atoms with van der Waals surface area (Å²) in [5.41, 5.74) is -0.516. The third-order valence-electron chi connectivity index (χ3n) is 4.54. The van der Waals surface area contributed by atoms with Crippen molar-refractivity contribution in [3.05, 3.63) is 22.8 Å². The van der Waals surface area contributed by atoms with Crippen molar-refractivity contribution in [1.29, 1.82) is 0 Å². The SMILES string of the molecule is Cc1nc2c(c(C(F)(F)F)n1)CC(C(=O)NC(C)C(C)CO)CC2. The summed E-state index contributed by atoms with van der Waals surface area (Å²) >= 11 is 0. The maximum atomic E-state index is 13.2. The number of amides is 1. The summed E-state index contributed by atoms with van der Waals surface area (Å²) in [6.07, 6.45) is -3.80. The van der Waals surface area contributed by atoms with Gasteiger partial charge in [-0.25, -0.2) is 9.97 Å². The highest BCUT2D eigenvalue weighted by Crippen LogP contribution is 2.36. The molecular formula is C16H22F3N3O2. The molecule has 0 aliphatic heterocycles. The standard InChI is InChI=1S/C16H22F3N3O2/c1-8(7-23)9(2)20-15(24)11-4-5-13-12(6-11)14(16(17,18)19)22-10(3)21-13/h8-9,11,23H,4-7H2,1-3H3,(H,20,24). The van der Waals surface area contributed by atoms with Crippen molar-refractivity contribution in [3.8, 4) is 0 Å². The first kappa shape index (κ1) is 18.6. The normalized spacial score (nSPS) is 20.2. The van der Waals surface area contributed by atoms with Crippen LogP contribution < -0.4 is 5.32 Å². The van der Waals surface area contributed by atoms with Gasteiger partial charge in [-0.3, -0.25) is 4.79 Å². The van der Waals surface area contributed by atoms with Crippen LogP contribution in [0, 0.1) is 18.8 Å². The Morgan fingerprint density at radius 3 is 2.62 bits per heavy atom. The second-order valence-corrected chi connectivity index (χ2v) is 6.44. The Morgan fingerprint density at radius 1 is 1.38 bits per heavy atom. The smallest absolute Gasteiger partial charge is 0.396 e. The molecule has 8 heteroatoms. The van der Waals surface area contributed by atoms with Crippen LogP contribution in [0.3, 0.4) is 0 Å². The predicted octanol–water partition coefficient (Wildman–Crippen LogP) is 2.04. The first-order valence-electron chi connectivity index (χ1n) is 7.98. The molecule has 0 bridgehead atoms. The molecule has 0 spiro atoms. The topological polar surface area (TPSA) is 75.1 Å². The van der Waals surface area contributed by atoms with Gasteiger partial charge < -0.3 is 10.4 Å². The van der Waals surface area contributed by atoms with E-state index in [1.165, 1.54) is 6.92 Å². The van der Waals surface area contributed by atoms with Crippen molar-refractivity contribution in [3.63, 3.8) is 0 Å². The highest BCUT2D eigenvalue weighted by atomic mass is 19.4. The summed E-state index contributed by atoms with van der Waals surface area (Å²) in [7, 11) is 0. The van der Waals surface area contributed by atoms with Gasteiger partial charge in [-0.15, -0.1) is 0 Å². The zero-order chi connectivity index (χ0) is 18.1. The molecule has 1 amide bonds. The number of rotatable bonds is 4. The number of halogens is 3. The molecular weight excluding hydrogens is 323 g/mol. The van der Waals surface area contributed by atoms with Gasteiger partial charge >= 0.3 is 6.18 Å². The molecule has 1 aliphatic rings. The van der Waals surface area contributed by atoms with Gasteiger partial charge in [0.05, 0.1) is 0 Å². The zero-order valence-electron chi connectivity index (χ0n) is 13.9. The van der Waals surface area contributed by atoms with Gasteiger partial charge in [0, 0.05) is 29.8 Å². The fourth-order valence-corrected chi connectivity index (χ4v) is 2.84. The first-order valence-corrected chi connectivity index (χ1v) is 7.98.